The molecular formula is C25H23Cl2NOS2. The molecule has 4 rings (SSSR count). The molecule has 6 heteroatoms. The van der Waals surface area contributed by atoms with E-state index in [2.05, 4.69) is 36.5 Å². The number of benzene rings is 3. The first-order chi connectivity index (χ1) is 15.0. The fourth-order valence-corrected chi connectivity index (χ4v) is 5.68. The molecular weight excluding hydrogens is 465 g/mol. The molecule has 0 aromatic heterocycles. The van der Waals surface area contributed by atoms with E-state index in [1.807, 2.05) is 36.0 Å². The summed E-state index contributed by atoms with van der Waals surface area (Å²) in [7, 11) is 0. The van der Waals surface area contributed by atoms with Gasteiger partial charge in [-0.1, -0.05) is 54.4 Å². The highest BCUT2D eigenvalue weighted by molar-refractivity contribution is 8.00. The molecule has 1 amide bonds. The molecule has 31 heavy (non-hydrogen) atoms. The third kappa shape index (κ3) is 6.23. The Balaban J connectivity index is 1.43. The van der Waals surface area contributed by atoms with Crippen molar-refractivity contribution in [3.8, 4) is 11.1 Å². The van der Waals surface area contributed by atoms with Crippen LogP contribution in [0.5, 0.6) is 0 Å². The lowest BCUT2D eigenvalue weighted by Gasteiger charge is -2.12. The van der Waals surface area contributed by atoms with E-state index in [-0.39, 0.29) is 5.91 Å². The lowest BCUT2D eigenvalue weighted by atomic mass is 10.0. The van der Waals surface area contributed by atoms with Gasteiger partial charge in [-0.05, 0) is 66.1 Å². The highest BCUT2D eigenvalue weighted by Crippen LogP contribution is 2.41. The zero-order valence-electron chi connectivity index (χ0n) is 17.2. The van der Waals surface area contributed by atoms with E-state index in [0.717, 1.165) is 27.7 Å². The van der Waals surface area contributed by atoms with Crippen LogP contribution in [0.25, 0.3) is 11.1 Å². The van der Waals surface area contributed by atoms with Crippen molar-refractivity contribution in [3.63, 3.8) is 0 Å². The van der Waals surface area contributed by atoms with Gasteiger partial charge in [0.25, 0.3) is 0 Å². The summed E-state index contributed by atoms with van der Waals surface area (Å²) in [5, 5.41) is 4.72. The predicted molar refractivity (Wildman–Crippen MR) is 136 cm³/mol. The van der Waals surface area contributed by atoms with Crippen LogP contribution in [0, 0.1) is 0 Å². The predicted octanol–water partition coefficient (Wildman–Crippen LogP) is 8.21. The van der Waals surface area contributed by atoms with Crippen LogP contribution in [0.1, 0.15) is 25.3 Å². The second-order valence-corrected chi connectivity index (χ2v) is 11.0. The standard InChI is InChI=1S/C25H23Cl2NOS2/c1-2-30-19-7-3-16(4-8-19)13-24(29)28-18-14-22(26)25(23(27)15-18)17-5-9-20(10-6-17)31-21-11-12-21/h3-10,14-15,21H,2,11-13H2,1H3,(H,28,29). The van der Waals surface area contributed by atoms with E-state index in [9.17, 15) is 4.79 Å². The first kappa shape index (κ1) is 22.6. The maximum absolute atomic E-state index is 12.5. The number of carbonyl (C=O) groups is 1. The van der Waals surface area contributed by atoms with Crippen LogP contribution in [0.3, 0.4) is 0 Å². The van der Waals surface area contributed by atoms with E-state index >= 15 is 0 Å². The number of rotatable bonds is 8. The summed E-state index contributed by atoms with van der Waals surface area (Å²) in [6.45, 7) is 2.12. The molecule has 0 unspecified atom stereocenters. The van der Waals surface area contributed by atoms with Crippen LogP contribution in [-0.4, -0.2) is 16.9 Å². The van der Waals surface area contributed by atoms with Gasteiger partial charge in [0.05, 0.1) is 16.5 Å². The highest BCUT2D eigenvalue weighted by Gasteiger charge is 2.22. The lowest BCUT2D eigenvalue weighted by Crippen LogP contribution is -2.14. The SMILES string of the molecule is CCSc1ccc(CC(=O)Nc2cc(Cl)c(-c3ccc(SC4CC4)cc3)c(Cl)c2)cc1. The topological polar surface area (TPSA) is 29.1 Å². The second-order valence-electron chi connectivity index (χ2n) is 7.46. The number of hydrogen-bond donors (Lipinski definition) is 1. The Hall–Kier alpha value is -1.59. The minimum atomic E-state index is -0.0998. The maximum atomic E-state index is 12.5. The molecule has 0 heterocycles. The zero-order chi connectivity index (χ0) is 21.8. The molecule has 2 nitrogen and oxygen atoms in total. The van der Waals surface area contributed by atoms with E-state index in [1.54, 1.807) is 23.9 Å². The number of anilines is 1. The Kier molecular flexibility index (Phi) is 7.55. The van der Waals surface area contributed by atoms with Crippen molar-refractivity contribution in [1.82, 2.24) is 0 Å². The molecule has 0 spiro atoms. The monoisotopic (exact) mass is 487 g/mol. The van der Waals surface area contributed by atoms with Crippen LogP contribution >= 0.6 is 46.7 Å². The number of nitrogens with one attached hydrogen (secondary N) is 1. The molecule has 1 N–H and O–H groups in total. The quantitative estimate of drug-likeness (QED) is 0.324. The largest absolute Gasteiger partial charge is 0.326 e. The Morgan fingerprint density at radius 1 is 0.968 bits per heavy atom. The average Bonchev–Trinajstić information content (AvgIpc) is 3.54. The maximum Gasteiger partial charge on any atom is 0.228 e. The van der Waals surface area contributed by atoms with Crippen LogP contribution in [0.15, 0.2) is 70.5 Å². The van der Waals surface area contributed by atoms with Crippen LogP contribution < -0.4 is 5.32 Å². The van der Waals surface area contributed by atoms with Gasteiger partial charge >= 0.3 is 0 Å². The second kappa shape index (κ2) is 10.4. The van der Waals surface area contributed by atoms with Crippen LogP contribution in [0.2, 0.25) is 10.0 Å². The summed E-state index contributed by atoms with van der Waals surface area (Å²) in [6, 6.07) is 19.9. The summed E-state index contributed by atoms with van der Waals surface area (Å²) in [4.78, 5) is 15.0. The molecule has 0 saturated heterocycles. The van der Waals surface area contributed by atoms with Gasteiger partial charge in [0, 0.05) is 26.3 Å². The van der Waals surface area contributed by atoms with Crippen molar-refractivity contribution in [2.75, 3.05) is 11.1 Å². The third-order valence-electron chi connectivity index (χ3n) is 4.90. The first-order valence-corrected chi connectivity index (χ1v) is 12.9. The lowest BCUT2D eigenvalue weighted by molar-refractivity contribution is -0.115. The van der Waals surface area contributed by atoms with Crippen molar-refractivity contribution in [2.45, 2.75) is 41.2 Å². The third-order valence-corrected chi connectivity index (χ3v) is 7.73. The molecule has 3 aromatic rings. The van der Waals surface area contributed by atoms with Crippen molar-refractivity contribution < 1.29 is 4.79 Å². The summed E-state index contributed by atoms with van der Waals surface area (Å²) < 4.78 is 0. The minimum Gasteiger partial charge on any atom is -0.326 e. The number of hydrogen-bond acceptors (Lipinski definition) is 3. The molecule has 0 aliphatic heterocycles. The van der Waals surface area contributed by atoms with Gasteiger partial charge in [-0.3, -0.25) is 4.79 Å². The molecule has 0 radical (unpaired) electrons. The minimum absolute atomic E-state index is 0.0998. The Morgan fingerprint density at radius 3 is 2.16 bits per heavy atom. The summed E-state index contributed by atoms with van der Waals surface area (Å²) in [5.41, 5.74) is 3.32. The first-order valence-electron chi connectivity index (χ1n) is 10.3. The number of amides is 1. The van der Waals surface area contributed by atoms with Gasteiger partial charge in [0.1, 0.15) is 0 Å². The highest BCUT2D eigenvalue weighted by atomic mass is 35.5. The Labute approximate surface area is 202 Å². The van der Waals surface area contributed by atoms with Crippen LogP contribution in [0.4, 0.5) is 5.69 Å². The molecule has 0 atom stereocenters. The van der Waals surface area contributed by atoms with Crippen LogP contribution in [-0.2, 0) is 11.2 Å². The molecule has 1 aliphatic rings. The number of halogens is 2. The fraction of sp³-hybridized carbons (Fsp3) is 0.240. The Morgan fingerprint density at radius 2 is 1.58 bits per heavy atom. The van der Waals surface area contributed by atoms with Gasteiger partial charge in [0.2, 0.25) is 5.91 Å². The Bertz CT molecular complexity index is 1040. The van der Waals surface area contributed by atoms with Gasteiger partial charge in [0.15, 0.2) is 0 Å². The van der Waals surface area contributed by atoms with E-state index in [0.29, 0.717) is 22.2 Å². The van der Waals surface area contributed by atoms with Gasteiger partial charge < -0.3 is 5.32 Å². The van der Waals surface area contributed by atoms with Crippen molar-refractivity contribution >= 4 is 58.3 Å². The zero-order valence-corrected chi connectivity index (χ0v) is 20.3. The van der Waals surface area contributed by atoms with E-state index in [1.165, 1.54) is 22.6 Å². The molecule has 160 valence electrons. The van der Waals surface area contributed by atoms with Crippen molar-refractivity contribution in [1.29, 1.82) is 0 Å². The summed E-state index contributed by atoms with van der Waals surface area (Å²) in [5.74, 6) is 0.929. The van der Waals surface area contributed by atoms with E-state index in [4.69, 9.17) is 23.2 Å². The molecule has 3 aromatic carbocycles. The van der Waals surface area contributed by atoms with Gasteiger partial charge in [-0.2, -0.15) is 0 Å². The average molecular weight is 489 g/mol. The molecule has 1 saturated carbocycles. The van der Waals surface area contributed by atoms with Crippen molar-refractivity contribution in [2.24, 2.45) is 0 Å². The molecule has 1 fully saturated rings. The smallest absolute Gasteiger partial charge is 0.228 e. The summed E-state index contributed by atoms with van der Waals surface area (Å²) in [6.07, 6.45) is 2.91. The molecule has 1 aliphatic carbocycles. The normalized spacial score (nSPS) is 13.3. The summed E-state index contributed by atoms with van der Waals surface area (Å²) >= 11 is 16.8. The fourth-order valence-electron chi connectivity index (χ4n) is 3.26. The van der Waals surface area contributed by atoms with Crippen molar-refractivity contribution in [3.05, 3.63) is 76.3 Å². The number of carbonyl (C=O) groups excluding carboxylic acids is 1. The van der Waals surface area contributed by atoms with Gasteiger partial charge in [-0.25, -0.2) is 0 Å². The molecule has 0 bridgehead atoms. The van der Waals surface area contributed by atoms with E-state index < -0.39 is 0 Å². The van der Waals surface area contributed by atoms with Gasteiger partial charge in [-0.15, -0.1) is 23.5 Å². The number of thioether (sulfide) groups is 2.